The molecule has 0 unspecified atom stereocenters. The maximum Gasteiger partial charge on any atom is 0.291 e. The second-order valence-corrected chi connectivity index (χ2v) is 4.49. The number of benzene rings is 2. The summed E-state index contributed by atoms with van der Waals surface area (Å²) in [6.45, 7) is 0.281. The van der Waals surface area contributed by atoms with E-state index in [0.29, 0.717) is 5.76 Å². The van der Waals surface area contributed by atoms with Crippen LogP contribution in [-0.4, -0.2) is 5.91 Å². The first kappa shape index (κ1) is 12.4. The highest BCUT2D eigenvalue weighted by molar-refractivity contribution is 6.03. The lowest BCUT2D eigenvalue weighted by atomic mass is 10.1. The van der Waals surface area contributed by atoms with Gasteiger partial charge in [0.2, 0.25) is 0 Å². The Kier molecular flexibility index (Phi) is 3.23. The molecule has 1 amide bonds. The SMILES string of the molecule is NCc1ccc(C(=O)Nc2ccc3ccccc3c2)o1. The van der Waals surface area contributed by atoms with Crippen LogP contribution in [0, 0.1) is 0 Å². The summed E-state index contributed by atoms with van der Waals surface area (Å²) < 4.78 is 5.32. The Morgan fingerprint density at radius 2 is 1.85 bits per heavy atom. The van der Waals surface area contributed by atoms with Crippen molar-refractivity contribution in [2.45, 2.75) is 6.54 Å². The van der Waals surface area contributed by atoms with Gasteiger partial charge in [0.1, 0.15) is 5.76 Å². The number of nitrogens with one attached hydrogen (secondary N) is 1. The fourth-order valence-corrected chi connectivity index (χ4v) is 2.07. The van der Waals surface area contributed by atoms with E-state index in [1.165, 1.54) is 0 Å². The van der Waals surface area contributed by atoms with E-state index < -0.39 is 0 Å². The Balaban J connectivity index is 1.83. The summed E-state index contributed by atoms with van der Waals surface area (Å²) in [4.78, 5) is 12.0. The van der Waals surface area contributed by atoms with E-state index in [2.05, 4.69) is 5.32 Å². The molecule has 3 aromatic rings. The number of nitrogens with two attached hydrogens (primary N) is 1. The summed E-state index contributed by atoms with van der Waals surface area (Å²) in [5.74, 6) is 0.576. The van der Waals surface area contributed by atoms with Crippen LogP contribution in [-0.2, 0) is 6.54 Å². The summed E-state index contributed by atoms with van der Waals surface area (Å²) in [7, 11) is 0. The van der Waals surface area contributed by atoms with Crippen LogP contribution in [0.15, 0.2) is 59.0 Å². The van der Waals surface area contributed by atoms with Gasteiger partial charge in [-0.15, -0.1) is 0 Å². The quantitative estimate of drug-likeness (QED) is 0.765. The van der Waals surface area contributed by atoms with E-state index in [1.54, 1.807) is 12.1 Å². The highest BCUT2D eigenvalue weighted by Crippen LogP contribution is 2.19. The van der Waals surface area contributed by atoms with E-state index in [4.69, 9.17) is 10.2 Å². The van der Waals surface area contributed by atoms with E-state index in [1.807, 2.05) is 42.5 Å². The number of fused-ring (bicyclic) bond motifs is 1. The predicted molar refractivity (Wildman–Crippen MR) is 78.5 cm³/mol. The monoisotopic (exact) mass is 266 g/mol. The minimum absolute atomic E-state index is 0.263. The molecule has 3 rings (SSSR count). The predicted octanol–water partition coefficient (Wildman–Crippen LogP) is 3.14. The fourth-order valence-electron chi connectivity index (χ4n) is 2.07. The molecule has 0 aliphatic rings. The second kappa shape index (κ2) is 5.19. The Bertz CT molecular complexity index is 762. The van der Waals surface area contributed by atoms with Gasteiger partial charge in [0.25, 0.3) is 5.91 Å². The largest absolute Gasteiger partial charge is 0.455 e. The van der Waals surface area contributed by atoms with Crippen LogP contribution in [0.5, 0.6) is 0 Å². The van der Waals surface area contributed by atoms with Crippen molar-refractivity contribution in [3.05, 3.63) is 66.1 Å². The standard InChI is InChI=1S/C16H14N2O2/c17-10-14-7-8-15(20-14)16(19)18-13-6-5-11-3-1-2-4-12(11)9-13/h1-9H,10,17H2,(H,18,19). The van der Waals surface area contributed by atoms with Crippen molar-refractivity contribution in [3.63, 3.8) is 0 Å². The van der Waals surface area contributed by atoms with E-state index >= 15 is 0 Å². The van der Waals surface area contributed by atoms with Crippen molar-refractivity contribution in [3.8, 4) is 0 Å². The lowest BCUT2D eigenvalue weighted by Gasteiger charge is -2.05. The first-order chi connectivity index (χ1) is 9.76. The summed E-state index contributed by atoms with van der Waals surface area (Å²) in [6.07, 6.45) is 0. The Morgan fingerprint density at radius 1 is 1.05 bits per heavy atom. The van der Waals surface area contributed by atoms with Gasteiger partial charge in [-0.2, -0.15) is 0 Å². The van der Waals surface area contributed by atoms with Crippen LogP contribution in [0.3, 0.4) is 0 Å². The lowest BCUT2D eigenvalue weighted by Crippen LogP contribution is -2.10. The van der Waals surface area contributed by atoms with Crippen molar-refractivity contribution < 1.29 is 9.21 Å². The number of anilines is 1. The fraction of sp³-hybridized carbons (Fsp3) is 0.0625. The molecule has 0 radical (unpaired) electrons. The minimum Gasteiger partial charge on any atom is -0.455 e. The lowest BCUT2D eigenvalue weighted by molar-refractivity contribution is 0.0995. The highest BCUT2D eigenvalue weighted by atomic mass is 16.4. The average Bonchev–Trinajstić information content (AvgIpc) is 2.96. The number of carbonyl (C=O) groups is 1. The molecule has 4 nitrogen and oxygen atoms in total. The maximum atomic E-state index is 12.0. The molecular formula is C16H14N2O2. The molecule has 3 N–H and O–H groups in total. The highest BCUT2D eigenvalue weighted by Gasteiger charge is 2.11. The zero-order chi connectivity index (χ0) is 13.9. The van der Waals surface area contributed by atoms with Crippen LogP contribution in [0.2, 0.25) is 0 Å². The normalized spacial score (nSPS) is 10.7. The smallest absolute Gasteiger partial charge is 0.291 e. The van der Waals surface area contributed by atoms with Crippen molar-refractivity contribution in [1.82, 2.24) is 0 Å². The van der Waals surface area contributed by atoms with Gasteiger partial charge in [-0.05, 0) is 35.0 Å². The average molecular weight is 266 g/mol. The number of hydrogen-bond acceptors (Lipinski definition) is 3. The summed E-state index contributed by atoms with van der Waals surface area (Å²) >= 11 is 0. The Hall–Kier alpha value is -2.59. The molecule has 0 atom stereocenters. The zero-order valence-electron chi connectivity index (χ0n) is 10.8. The van der Waals surface area contributed by atoms with Gasteiger partial charge in [-0.25, -0.2) is 0 Å². The van der Waals surface area contributed by atoms with Gasteiger partial charge in [-0.1, -0.05) is 30.3 Å². The molecule has 0 fully saturated rings. The van der Waals surface area contributed by atoms with Crippen molar-refractivity contribution in [2.75, 3.05) is 5.32 Å². The second-order valence-electron chi connectivity index (χ2n) is 4.49. The van der Waals surface area contributed by atoms with Gasteiger partial charge in [-0.3, -0.25) is 4.79 Å². The summed E-state index contributed by atoms with van der Waals surface area (Å²) in [6, 6.07) is 17.1. The van der Waals surface area contributed by atoms with Crippen LogP contribution < -0.4 is 11.1 Å². The van der Waals surface area contributed by atoms with Crippen LogP contribution in [0.25, 0.3) is 10.8 Å². The molecule has 0 saturated carbocycles. The molecule has 0 bridgehead atoms. The molecule has 0 aliphatic carbocycles. The molecule has 1 heterocycles. The van der Waals surface area contributed by atoms with E-state index in [0.717, 1.165) is 16.5 Å². The van der Waals surface area contributed by atoms with Crippen molar-refractivity contribution >= 4 is 22.4 Å². The van der Waals surface area contributed by atoms with Crippen LogP contribution >= 0.6 is 0 Å². The van der Waals surface area contributed by atoms with Gasteiger partial charge in [0.15, 0.2) is 5.76 Å². The van der Waals surface area contributed by atoms with Gasteiger partial charge >= 0.3 is 0 Å². The third-order valence-corrected chi connectivity index (χ3v) is 3.09. The van der Waals surface area contributed by atoms with E-state index in [9.17, 15) is 4.79 Å². The molecule has 100 valence electrons. The van der Waals surface area contributed by atoms with Gasteiger partial charge in [0, 0.05) is 5.69 Å². The number of amides is 1. The topological polar surface area (TPSA) is 68.3 Å². The Labute approximate surface area is 116 Å². The van der Waals surface area contributed by atoms with Crippen molar-refractivity contribution in [2.24, 2.45) is 5.73 Å². The number of rotatable bonds is 3. The zero-order valence-corrected chi connectivity index (χ0v) is 10.8. The number of carbonyl (C=O) groups excluding carboxylic acids is 1. The summed E-state index contributed by atoms with van der Waals surface area (Å²) in [5.41, 5.74) is 6.19. The number of furan rings is 1. The first-order valence-corrected chi connectivity index (χ1v) is 6.35. The molecular weight excluding hydrogens is 252 g/mol. The summed E-state index contributed by atoms with van der Waals surface area (Å²) in [5, 5.41) is 5.02. The van der Waals surface area contributed by atoms with Gasteiger partial charge < -0.3 is 15.5 Å². The molecule has 0 aliphatic heterocycles. The molecule has 0 saturated heterocycles. The third-order valence-electron chi connectivity index (χ3n) is 3.09. The first-order valence-electron chi connectivity index (χ1n) is 6.35. The van der Waals surface area contributed by atoms with Gasteiger partial charge in [0.05, 0.1) is 6.54 Å². The third kappa shape index (κ3) is 2.41. The number of hydrogen-bond donors (Lipinski definition) is 2. The minimum atomic E-state index is -0.278. The molecule has 20 heavy (non-hydrogen) atoms. The molecule has 2 aromatic carbocycles. The van der Waals surface area contributed by atoms with Crippen LogP contribution in [0.1, 0.15) is 16.3 Å². The van der Waals surface area contributed by atoms with E-state index in [-0.39, 0.29) is 18.2 Å². The van der Waals surface area contributed by atoms with Crippen molar-refractivity contribution in [1.29, 1.82) is 0 Å². The molecule has 1 aromatic heterocycles. The van der Waals surface area contributed by atoms with Crippen LogP contribution in [0.4, 0.5) is 5.69 Å². The molecule has 4 heteroatoms. The Morgan fingerprint density at radius 3 is 2.60 bits per heavy atom. The molecule has 0 spiro atoms. The maximum absolute atomic E-state index is 12.0.